The normalized spacial score (nSPS) is 10.2. The molecule has 0 bridgehead atoms. The quantitative estimate of drug-likeness (QED) is 0.571. The predicted molar refractivity (Wildman–Crippen MR) is 52.6 cm³/mol. The monoisotopic (exact) mass is 200 g/mol. The summed E-state index contributed by atoms with van der Waals surface area (Å²) in [5.74, 6) is 2.20. The molecule has 0 atom stereocenters. The van der Waals surface area contributed by atoms with Gasteiger partial charge in [-0.05, 0) is 12.1 Å². The Kier molecular flexibility index (Phi) is 3.85. The maximum absolute atomic E-state index is 7.01. The highest BCUT2D eigenvalue weighted by atomic mass is 32.2. The van der Waals surface area contributed by atoms with Gasteiger partial charge in [0.2, 0.25) is 0 Å². The van der Waals surface area contributed by atoms with Gasteiger partial charge >= 0.3 is 0 Å². The van der Waals surface area contributed by atoms with Crippen molar-refractivity contribution in [1.82, 2.24) is 0 Å². The molecule has 3 N–H and O–H groups in total. The standard InChI is InChI=1S/C8H12N2O2S/c1-11-4-6-2-3-7(12-6)5-13-8(9)10/h2-3H,4-5H2,1H3,(H3,9,10). The lowest BCUT2D eigenvalue weighted by atomic mass is 10.4. The van der Waals surface area contributed by atoms with E-state index in [4.69, 9.17) is 20.3 Å². The van der Waals surface area contributed by atoms with Gasteiger partial charge in [-0.25, -0.2) is 0 Å². The summed E-state index contributed by atoms with van der Waals surface area (Å²) < 4.78 is 10.3. The van der Waals surface area contributed by atoms with Gasteiger partial charge in [0.1, 0.15) is 18.1 Å². The van der Waals surface area contributed by atoms with Crippen molar-refractivity contribution in [2.24, 2.45) is 5.73 Å². The van der Waals surface area contributed by atoms with Crippen LogP contribution >= 0.6 is 11.8 Å². The van der Waals surface area contributed by atoms with Crippen LogP contribution in [-0.2, 0) is 17.1 Å². The van der Waals surface area contributed by atoms with Crippen LogP contribution in [0.25, 0.3) is 0 Å². The molecule has 0 saturated heterocycles. The van der Waals surface area contributed by atoms with Gasteiger partial charge in [0, 0.05) is 7.11 Å². The SMILES string of the molecule is COCc1ccc(CSC(=N)N)o1. The van der Waals surface area contributed by atoms with Gasteiger partial charge in [0.15, 0.2) is 5.17 Å². The largest absolute Gasteiger partial charge is 0.463 e. The summed E-state index contributed by atoms with van der Waals surface area (Å²) in [7, 11) is 1.62. The topological polar surface area (TPSA) is 72.2 Å². The molecule has 1 rings (SSSR count). The van der Waals surface area contributed by atoms with Crippen molar-refractivity contribution in [1.29, 1.82) is 5.41 Å². The van der Waals surface area contributed by atoms with Crippen LogP contribution in [0.15, 0.2) is 16.5 Å². The first-order chi connectivity index (χ1) is 6.22. The highest BCUT2D eigenvalue weighted by molar-refractivity contribution is 8.13. The number of furan rings is 1. The number of ether oxygens (including phenoxy) is 1. The van der Waals surface area contributed by atoms with Crippen LogP contribution in [0.3, 0.4) is 0 Å². The molecule has 0 saturated carbocycles. The van der Waals surface area contributed by atoms with Crippen LogP contribution in [-0.4, -0.2) is 12.3 Å². The first-order valence-corrected chi connectivity index (χ1v) is 4.74. The van der Waals surface area contributed by atoms with Crippen molar-refractivity contribution in [3.63, 3.8) is 0 Å². The molecule has 0 fully saturated rings. The van der Waals surface area contributed by atoms with E-state index in [9.17, 15) is 0 Å². The maximum atomic E-state index is 7.01. The Morgan fingerprint density at radius 3 is 2.92 bits per heavy atom. The Hall–Kier alpha value is -0.940. The fraction of sp³-hybridized carbons (Fsp3) is 0.375. The molecule has 72 valence electrons. The van der Waals surface area contributed by atoms with Gasteiger partial charge in [0.05, 0.1) is 5.75 Å². The van der Waals surface area contributed by atoms with E-state index in [2.05, 4.69) is 0 Å². The summed E-state index contributed by atoms with van der Waals surface area (Å²) in [6, 6.07) is 3.73. The zero-order valence-electron chi connectivity index (χ0n) is 7.37. The number of nitrogens with one attached hydrogen (secondary N) is 1. The van der Waals surface area contributed by atoms with E-state index in [1.807, 2.05) is 12.1 Å². The summed E-state index contributed by atoms with van der Waals surface area (Å²) in [6.45, 7) is 0.477. The Labute approximate surface area is 80.9 Å². The van der Waals surface area contributed by atoms with Gasteiger partial charge in [-0.15, -0.1) is 0 Å². The van der Waals surface area contributed by atoms with Crippen molar-refractivity contribution < 1.29 is 9.15 Å². The van der Waals surface area contributed by atoms with Gasteiger partial charge in [0.25, 0.3) is 0 Å². The van der Waals surface area contributed by atoms with E-state index in [0.29, 0.717) is 12.4 Å². The van der Waals surface area contributed by atoms with Gasteiger partial charge in [-0.2, -0.15) is 0 Å². The molecule has 0 aliphatic carbocycles. The average Bonchev–Trinajstić information content (AvgIpc) is 2.50. The van der Waals surface area contributed by atoms with E-state index < -0.39 is 0 Å². The van der Waals surface area contributed by atoms with Crippen molar-refractivity contribution in [2.75, 3.05) is 7.11 Å². The average molecular weight is 200 g/mol. The molecular formula is C8H12N2O2S. The number of methoxy groups -OCH3 is 1. The second-order valence-corrected chi connectivity index (χ2v) is 3.47. The van der Waals surface area contributed by atoms with Crippen molar-refractivity contribution in [3.05, 3.63) is 23.7 Å². The van der Waals surface area contributed by atoms with E-state index >= 15 is 0 Å². The molecule has 1 heterocycles. The summed E-state index contributed by atoms with van der Waals surface area (Å²) in [5, 5.41) is 7.11. The number of hydrogen-bond donors (Lipinski definition) is 2. The lowest BCUT2D eigenvalue weighted by Crippen LogP contribution is -2.03. The first kappa shape index (κ1) is 10.1. The van der Waals surface area contributed by atoms with E-state index in [-0.39, 0.29) is 5.17 Å². The molecular weight excluding hydrogens is 188 g/mol. The minimum atomic E-state index is 0.102. The lowest BCUT2D eigenvalue weighted by molar-refractivity contribution is 0.163. The smallest absolute Gasteiger partial charge is 0.151 e. The first-order valence-electron chi connectivity index (χ1n) is 3.75. The Morgan fingerprint density at radius 2 is 2.31 bits per heavy atom. The zero-order valence-corrected chi connectivity index (χ0v) is 8.19. The van der Waals surface area contributed by atoms with Gasteiger partial charge < -0.3 is 14.9 Å². The molecule has 1 aromatic heterocycles. The summed E-state index contributed by atoms with van der Waals surface area (Å²) >= 11 is 1.24. The van der Waals surface area contributed by atoms with Gasteiger partial charge in [-0.1, -0.05) is 11.8 Å². The molecule has 13 heavy (non-hydrogen) atoms. The summed E-state index contributed by atoms with van der Waals surface area (Å²) in [5.41, 5.74) is 5.19. The molecule has 0 aromatic carbocycles. The number of thioether (sulfide) groups is 1. The molecule has 0 amide bonds. The molecule has 0 aliphatic heterocycles. The molecule has 4 nitrogen and oxygen atoms in total. The molecule has 5 heteroatoms. The Bertz CT molecular complexity index is 285. The molecule has 0 spiro atoms. The van der Waals surface area contributed by atoms with Crippen molar-refractivity contribution >= 4 is 16.9 Å². The summed E-state index contributed by atoms with van der Waals surface area (Å²) in [4.78, 5) is 0. The number of hydrogen-bond acceptors (Lipinski definition) is 4. The molecule has 0 radical (unpaired) electrons. The van der Waals surface area contributed by atoms with Crippen LogP contribution < -0.4 is 5.73 Å². The Balaban J connectivity index is 2.44. The fourth-order valence-corrected chi connectivity index (χ4v) is 1.32. The zero-order chi connectivity index (χ0) is 9.68. The van der Waals surface area contributed by atoms with Crippen molar-refractivity contribution in [3.8, 4) is 0 Å². The molecule has 0 aliphatic rings. The fourth-order valence-electron chi connectivity index (χ4n) is 0.869. The van der Waals surface area contributed by atoms with Gasteiger partial charge in [-0.3, -0.25) is 5.41 Å². The van der Waals surface area contributed by atoms with Crippen LogP contribution in [0.5, 0.6) is 0 Å². The maximum Gasteiger partial charge on any atom is 0.151 e. The number of nitrogens with two attached hydrogens (primary N) is 1. The lowest BCUT2D eigenvalue weighted by Gasteiger charge is -1.95. The third-order valence-corrected chi connectivity index (χ3v) is 2.11. The van der Waals surface area contributed by atoms with Crippen LogP contribution in [0.2, 0.25) is 0 Å². The number of amidine groups is 1. The third kappa shape index (κ3) is 3.52. The highest BCUT2D eigenvalue weighted by Gasteiger charge is 2.02. The second kappa shape index (κ2) is 4.94. The Morgan fingerprint density at radius 1 is 1.62 bits per heavy atom. The van der Waals surface area contributed by atoms with Crippen LogP contribution in [0.4, 0.5) is 0 Å². The predicted octanol–water partition coefficient (Wildman–Crippen LogP) is 1.55. The summed E-state index contributed by atoms with van der Waals surface area (Å²) in [6.07, 6.45) is 0. The van der Waals surface area contributed by atoms with E-state index in [1.54, 1.807) is 7.11 Å². The van der Waals surface area contributed by atoms with Crippen LogP contribution in [0.1, 0.15) is 11.5 Å². The number of rotatable bonds is 4. The van der Waals surface area contributed by atoms with E-state index in [0.717, 1.165) is 11.5 Å². The third-order valence-electron chi connectivity index (χ3n) is 1.37. The molecule has 1 aromatic rings. The van der Waals surface area contributed by atoms with Crippen molar-refractivity contribution in [2.45, 2.75) is 12.4 Å². The second-order valence-electron chi connectivity index (χ2n) is 2.45. The molecule has 0 unspecified atom stereocenters. The minimum absolute atomic E-state index is 0.102. The minimum Gasteiger partial charge on any atom is -0.463 e. The van der Waals surface area contributed by atoms with E-state index in [1.165, 1.54) is 11.8 Å². The highest BCUT2D eigenvalue weighted by Crippen LogP contribution is 2.15. The van der Waals surface area contributed by atoms with Crippen LogP contribution in [0, 0.1) is 5.41 Å².